The summed E-state index contributed by atoms with van der Waals surface area (Å²) in [7, 11) is 0. The van der Waals surface area contributed by atoms with E-state index in [1.807, 2.05) is 11.0 Å². The van der Waals surface area contributed by atoms with E-state index in [4.69, 9.17) is 5.26 Å². The van der Waals surface area contributed by atoms with Crippen molar-refractivity contribution in [2.24, 2.45) is 0 Å². The van der Waals surface area contributed by atoms with Gasteiger partial charge in [-0.3, -0.25) is 0 Å². The third-order valence-corrected chi connectivity index (χ3v) is 2.93. The number of hydrogen-bond donors (Lipinski definition) is 0. The Kier molecular flexibility index (Phi) is 2.18. The zero-order valence-electron chi connectivity index (χ0n) is 9.04. The molecule has 0 N–H and O–H groups in total. The largest absolute Gasteiger partial charge is 0.353 e. The number of aromatic nitrogens is 3. The number of fused-ring (bicyclic) bond motifs is 1. The molecule has 0 spiro atoms. The van der Waals surface area contributed by atoms with Crippen LogP contribution in [-0.2, 0) is 0 Å². The van der Waals surface area contributed by atoms with Crippen LogP contribution >= 0.6 is 0 Å². The van der Waals surface area contributed by atoms with E-state index in [1.165, 1.54) is 6.20 Å². The second-order valence-electron chi connectivity index (χ2n) is 4.06. The number of nitriles is 1. The van der Waals surface area contributed by atoms with Crippen molar-refractivity contribution in [3.63, 3.8) is 0 Å². The average molecular weight is 231 g/mol. The molecule has 0 saturated carbocycles. The lowest BCUT2D eigenvalue weighted by molar-refractivity contribution is 0.364. The molecule has 2 aromatic heterocycles. The number of nitrogens with zero attached hydrogens (tertiary/aromatic N) is 5. The van der Waals surface area contributed by atoms with Crippen molar-refractivity contribution >= 4 is 11.5 Å². The van der Waals surface area contributed by atoms with Crippen molar-refractivity contribution in [3.05, 3.63) is 24.0 Å². The Balaban J connectivity index is 2.04. The molecule has 0 aliphatic carbocycles. The molecule has 1 fully saturated rings. The molecule has 3 rings (SSSR count). The predicted molar refractivity (Wildman–Crippen MR) is 59.4 cm³/mol. The van der Waals surface area contributed by atoms with Gasteiger partial charge in [0.2, 0.25) is 0 Å². The summed E-state index contributed by atoms with van der Waals surface area (Å²) in [5, 5.41) is 12.9. The summed E-state index contributed by atoms with van der Waals surface area (Å²) >= 11 is 0. The van der Waals surface area contributed by atoms with Crippen LogP contribution in [0.15, 0.2) is 18.5 Å². The van der Waals surface area contributed by atoms with E-state index in [9.17, 15) is 4.39 Å². The van der Waals surface area contributed by atoms with Crippen LogP contribution in [0.5, 0.6) is 0 Å². The van der Waals surface area contributed by atoms with E-state index >= 15 is 0 Å². The lowest BCUT2D eigenvalue weighted by atomic mass is 10.3. The summed E-state index contributed by atoms with van der Waals surface area (Å²) in [6.45, 7) is 1.04. The minimum Gasteiger partial charge on any atom is -0.353 e. The molecule has 0 amide bonds. The van der Waals surface area contributed by atoms with E-state index in [0.29, 0.717) is 36.5 Å². The fraction of sp³-hybridized carbons (Fsp3) is 0.364. The third-order valence-electron chi connectivity index (χ3n) is 2.93. The van der Waals surface area contributed by atoms with E-state index in [2.05, 4.69) is 10.1 Å². The fourth-order valence-corrected chi connectivity index (χ4v) is 2.04. The zero-order chi connectivity index (χ0) is 11.8. The first-order valence-electron chi connectivity index (χ1n) is 5.41. The fourth-order valence-electron chi connectivity index (χ4n) is 2.04. The minimum absolute atomic E-state index is 0.374. The highest BCUT2D eigenvalue weighted by Crippen LogP contribution is 2.20. The van der Waals surface area contributed by atoms with Crippen molar-refractivity contribution in [1.29, 1.82) is 5.26 Å². The summed E-state index contributed by atoms with van der Waals surface area (Å²) < 4.78 is 14.7. The molecule has 86 valence electrons. The van der Waals surface area contributed by atoms with Gasteiger partial charge in [0.05, 0.1) is 12.7 Å². The summed E-state index contributed by atoms with van der Waals surface area (Å²) in [6, 6.07) is 3.83. The standard InChI is InChI=1S/C11H10FN5/c12-9-1-3-16(7-9)10-2-4-17-11(15-10)8(5-13)6-14-17/h2,4,6,9H,1,3,7H2/t9-/m0/s1. The van der Waals surface area contributed by atoms with E-state index in [1.54, 1.807) is 16.8 Å². The van der Waals surface area contributed by atoms with Crippen LogP contribution in [0, 0.1) is 11.3 Å². The predicted octanol–water partition coefficient (Wildman–Crippen LogP) is 1.15. The molecule has 0 unspecified atom stereocenters. The monoisotopic (exact) mass is 231 g/mol. The Bertz CT molecular complexity index is 599. The van der Waals surface area contributed by atoms with Crippen LogP contribution in [0.3, 0.4) is 0 Å². The number of hydrogen-bond acceptors (Lipinski definition) is 4. The summed E-state index contributed by atoms with van der Waals surface area (Å²) in [6.07, 6.45) is 2.98. The van der Waals surface area contributed by atoms with Gasteiger partial charge in [0, 0.05) is 12.7 Å². The molecule has 1 aliphatic heterocycles. The molecule has 6 heteroatoms. The molecule has 17 heavy (non-hydrogen) atoms. The topological polar surface area (TPSA) is 57.2 Å². The Morgan fingerprint density at radius 3 is 3.12 bits per heavy atom. The zero-order valence-corrected chi connectivity index (χ0v) is 9.04. The van der Waals surface area contributed by atoms with Crippen LogP contribution in [0.4, 0.5) is 10.2 Å². The van der Waals surface area contributed by atoms with Gasteiger partial charge in [-0.1, -0.05) is 0 Å². The number of halogens is 1. The second-order valence-corrected chi connectivity index (χ2v) is 4.06. The number of anilines is 1. The Labute approximate surface area is 97.1 Å². The maximum absolute atomic E-state index is 13.1. The van der Waals surface area contributed by atoms with Gasteiger partial charge < -0.3 is 4.90 Å². The summed E-state index contributed by atoms with van der Waals surface area (Å²) in [4.78, 5) is 6.25. The van der Waals surface area contributed by atoms with Crippen molar-refractivity contribution in [2.75, 3.05) is 18.0 Å². The molecule has 0 bridgehead atoms. The molecular weight excluding hydrogens is 221 g/mol. The molecule has 0 aromatic carbocycles. The highest BCUT2D eigenvalue weighted by atomic mass is 19.1. The molecular formula is C11H10FN5. The smallest absolute Gasteiger partial charge is 0.175 e. The first-order valence-corrected chi connectivity index (χ1v) is 5.41. The van der Waals surface area contributed by atoms with Gasteiger partial charge in [-0.15, -0.1) is 0 Å². The summed E-state index contributed by atoms with van der Waals surface area (Å²) in [5.41, 5.74) is 0.954. The van der Waals surface area contributed by atoms with Crippen molar-refractivity contribution < 1.29 is 4.39 Å². The van der Waals surface area contributed by atoms with E-state index in [0.717, 1.165) is 0 Å². The Hall–Kier alpha value is -2.16. The molecule has 1 saturated heterocycles. The van der Waals surface area contributed by atoms with E-state index < -0.39 is 6.17 Å². The molecule has 3 heterocycles. The van der Waals surface area contributed by atoms with Gasteiger partial charge in [0.1, 0.15) is 23.6 Å². The van der Waals surface area contributed by atoms with Crippen molar-refractivity contribution in [3.8, 4) is 6.07 Å². The quantitative estimate of drug-likeness (QED) is 0.738. The first kappa shape index (κ1) is 10.0. The van der Waals surface area contributed by atoms with Crippen LogP contribution in [0.2, 0.25) is 0 Å². The second kappa shape index (κ2) is 3.70. The SMILES string of the molecule is N#Cc1cnn2ccc(N3CC[C@H](F)C3)nc12. The lowest BCUT2D eigenvalue weighted by Gasteiger charge is -2.15. The van der Waals surface area contributed by atoms with Gasteiger partial charge in [-0.25, -0.2) is 13.9 Å². The number of rotatable bonds is 1. The summed E-state index contributed by atoms with van der Waals surface area (Å²) in [5.74, 6) is 0.703. The Morgan fingerprint density at radius 2 is 2.41 bits per heavy atom. The molecule has 1 atom stereocenters. The minimum atomic E-state index is -0.784. The van der Waals surface area contributed by atoms with Crippen LogP contribution in [0.25, 0.3) is 5.65 Å². The Morgan fingerprint density at radius 1 is 1.53 bits per heavy atom. The van der Waals surface area contributed by atoms with Gasteiger partial charge >= 0.3 is 0 Å². The molecule has 0 radical (unpaired) electrons. The molecule has 5 nitrogen and oxygen atoms in total. The third kappa shape index (κ3) is 1.60. The lowest BCUT2D eigenvalue weighted by Crippen LogP contribution is -2.21. The van der Waals surface area contributed by atoms with Crippen LogP contribution < -0.4 is 4.90 Å². The van der Waals surface area contributed by atoms with Gasteiger partial charge in [0.15, 0.2) is 5.65 Å². The maximum Gasteiger partial charge on any atom is 0.175 e. The molecule has 1 aliphatic rings. The maximum atomic E-state index is 13.1. The van der Waals surface area contributed by atoms with Gasteiger partial charge in [0.25, 0.3) is 0 Å². The van der Waals surface area contributed by atoms with Crippen molar-refractivity contribution in [1.82, 2.24) is 14.6 Å². The first-order chi connectivity index (χ1) is 8.28. The van der Waals surface area contributed by atoms with Gasteiger partial charge in [-0.05, 0) is 12.5 Å². The van der Waals surface area contributed by atoms with Gasteiger partial charge in [-0.2, -0.15) is 10.4 Å². The van der Waals surface area contributed by atoms with E-state index in [-0.39, 0.29) is 0 Å². The normalized spacial score (nSPS) is 19.8. The van der Waals surface area contributed by atoms with Crippen LogP contribution in [-0.4, -0.2) is 33.9 Å². The highest BCUT2D eigenvalue weighted by Gasteiger charge is 2.23. The number of alkyl halides is 1. The average Bonchev–Trinajstić information content (AvgIpc) is 2.94. The molecule has 2 aromatic rings. The van der Waals surface area contributed by atoms with Crippen molar-refractivity contribution in [2.45, 2.75) is 12.6 Å². The van der Waals surface area contributed by atoms with Crippen LogP contribution in [0.1, 0.15) is 12.0 Å². The highest BCUT2D eigenvalue weighted by molar-refractivity contribution is 5.57.